The van der Waals surface area contributed by atoms with E-state index >= 15 is 0 Å². The number of fused-ring (bicyclic) bond motifs is 1. The second-order valence-electron chi connectivity index (χ2n) is 10.5. The van der Waals surface area contributed by atoms with Crippen LogP contribution in [0.4, 0.5) is 0 Å². The molecule has 2 bridgehead atoms. The highest BCUT2D eigenvalue weighted by Crippen LogP contribution is 2.65. The molecule has 0 aromatic heterocycles. The fourth-order valence-corrected chi connectivity index (χ4v) is 6.33. The number of rotatable bonds is 9. The summed E-state index contributed by atoms with van der Waals surface area (Å²) >= 11 is 0. The average molecular weight is 472 g/mol. The van der Waals surface area contributed by atoms with Gasteiger partial charge >= 0.3 is 0 Å². The van der Waals surface area contributed by atoms with Crippen molar-refractivity contribution < 1.29 is 24.2 Å². The number of aliphatic hydroxyl groups is 1. The highest BCUT2D eigenvalue weighted by molar-refractivity contribution is 5.99. The number of ether oxygens (including phenoxy) is 1. The second-order valence-corrected chi connectivity index (χ2v) is 10.5. The normalized spacial score (nSPS) is 33.9. The smallest absolute Gasteiger partial charge is 0.246 e. The van der Waals surface area contributed by atoms with Crippen LogP contribution in [0.5, 0.6) is 0 Å². The Kier molecular flexibility index (Phi) is 6.75. The summed E-state index contributed by atoms with van der Waals surface area (Å²) in [5.74, 6) is -2.02. The van der Waals surface area contributed by atoms with Gasteiger partial charge in [0, 0.05) is 25.7 Å². The van der Waals surface area contributed by atoms with Crippen LogP contribution in [0.15, 0.2) is 30.3 Å². The Bertz CT molecular complexity index is 938. The van der Waals surface area contributed by atoms with Crippen molar-refractivity contribution in [3.63, 3.8) is 0 Å². The van der Waals surface area contributed by atoms with E-state index in [0.29, 0.717) is 32.4 Å². The first-order valence-electron chi connectivity index (χ1n) is 12.4. The van der Waals surface area contributed by atoms with E-state index in [1.807, 2.05) is 58.0 Å². The highest BCUT2D eigenvalue weighted by atomic mass is 16.5. The van der Waals surface area contributed by atoms with E-state index < -0.39 is 29.1 Å². The average Bonchev–Trinajstić information content (AvgIpc) is 3.29. The molecule has 3 aliphatic heterocycles. The van der Waals surface area contributed by atoms with Crippen molar-refractivity contribution in [2.24, 2.45) is 17.8 Å². The summed E-state index contributed by atoms with van der Waals surface area (Å²) < 4.78 is 6.66. The number of carbonyl (C=O) groups excluding carboxylic acids is 3. The van der Waals surface area contributed by atoms with Gasteiger partial charge < -0.3 is 25.4 Å². The van der Waals surface area contributed by atoms with Gasteiger partial charge in [0.15, 0.2) is 0 Å². The van der Waals surface area contributed by atoms with Gasteiger partial charge in [0.1, 0.15) is 11.6 Å². The molecule has 34 heavy (non-hydrogen) atoms. The monoisotopic (exact) mass is 471 g/mol. The van der Waals surface area contributed by atoms with Gasteiger partial charge in [-0.1, -0.05) is 37.3 Å². The number of aliphatic hydroxyl groups excluding tert-OH is 1. The zero-order chi connectivity index (χ0) is 24.7. The van der Waals surface area contributed by atoms with Gasteiger partial charge in [-0.15, -0.1) is 0 Å². The van der Waals surface area contributed by atoms with Crippen LogP contribution in [0.1, 0.15) is 52.5 Å². The summed E-state index contributed by atoms with van der Waals surface area (Å²) in [5.41, 5.74) is -0.877. The summed E-state index contributed by atoms with van der Waals surface area (Å²) in [4.78, 5) is 42.4. The molecular formula is C26H37N3O5. The number of nitrogens with zero attached hydrogens (tertiary/aromatic N) is 1. The summed E-state index contributed by atoms with van der Waals surface area (Å²) in [7, 11) is 0. The molecule has 3 amide bonds. The molecule has 4 rings (SSSR count). The first kappa shape index (κ1) is 24.7. The molecule has 0 saturated carbocycles. The molecular weight excluding hydrogens is 434 g/mol. The van der Waals surface area contributed by atoms with Crippen molar-refractivity contribution in [2.45, 2.75) is 76.8 Å². The number of hydrogen-bond donors (Lipinski definition) is 3. The molecule has 8 nitrogen and oxygen atoms in total. The lowest BCUT2D eigenvalue weighted by Crippen LogP contribution is -2.56. The number of carbonyl (C=O) groups is 3. The number of nitrogens with one attached hydrogen (secondary N) is 2. The van der Waals surface area contributed by atoms with Gasteiger partial charge in [0.25, 0.3) is 0 Å². The second kappa shape index (κ2) is 9.30. The lowest BCUT2D eigenvalue weighted by atomic mass is 9.62. The molecule has 186 valence electrons. The maximum absolute atomic E-state index is 13.8. The Hall–Kier alpha value is -2.45. The minimum absolute atomic E-state index is 0.00997. The molecule has 3 N–H and O–H groups in total. The summed E-state index contributed by atoms with van der Waals surface area (Å²) in [6.07, 6.45) is 1.67. The van der Waals surface area contributed by atoms with E-state index in [-0.39, 0.29) is 36.3 Å². The standard InChI is InChI=1S/C26H37N3O5/c1-16(2)28-23(32)21-26-14-17(3)25(4,34-26)19(20(26)24(33)29(21)12-8-9-13-30)22(31)27-15-18-10-6-5-7-11-18/h5-7,10-11,16-17,19-21,30H,8-9,12-15H2,1-4H3,(H,27,31)(H,28,32)/t17?,19-,20-,21?,25+,26?/m0/s1. The Morgan fingerprint density at radius 1 is 1.21 bits per heavy atom. The predicted octanol–water partition coefficient (Wildman–Crippen LogP) is 1.61. The topological polar surface area (TPSA) is 108 Å². The van der Waals surface area contributed by atoms with Crippen LogP contribution in [0.3, 0.4) is 0 Å². The fourth-order valence-electron chi connectivity index (χ4n) is 6.33. The van der Waals surface area contributed by atoms with Gasteiger partial charge in [-0.05, 0) is 51.5 Å². The van der Waals surface area contributed by atoms with E-state index in [1.54, 1.807) is 4.90 Å². The highest BCUT2D eigenvalue weighted by Gasteiger charge is 2.79. The SMILES string of the molecule is CC(C)NC(=O)C1N(CCCCO)C(=O)[C@@H]2[C@@H](C(=O)NCc3ccccc3)[C@]3(C)OC12CC3C. The fraction of sp³-hybridized carbons (Fsp3) is 0.654. The maximum Gasteiger partial charge on any atom is 0.246 e. The Labute approximate surface area is 201 Å². The van der Waals surface area contributed by atoms with E-state index in [2.05, 4.69) is 10.6 Å². The minimum Gasteiger partial charge on any atom is -0.396 e. The van der Waals surface area contributed by atoms with Crippen molar-refractivity contribution in [1.82, 2.24) is 15.5 Å². The molecule has 6 atom stereocenters. The molecule has 3 saturated heterocycles. The van der Waals surface area contributed by atoms with Crippen LogP contribution in [0, 0.1) is 17.8 Å². The zero-order valence-corrected chi connectivity index (χ0v) is 20.5. The van der Waals surface area contributed by atoms with Gasteiger partial charge in [0.05, 0.1) is 17.4 Å². The third-order valence-electron chi connectivity index (χ3n) is 7.89. The van der Waals surface area contributed by atoms with Crippen molar-refractivity contribution >= 4 is 17.7 Å². The summed E-state index contributed by atoms with van der Waals surface area (Å²) in [6.45, 7) is 8.46. The number of hydrogen-bond acceptors (Lipinski definition) is 5. The number of benzene rings is 1. The Morgan fingerprint density at radius 3 is 2.56 bits per heavy atom. The molecule has 3 fully saturated rings. The molecule has 1 aromatic rings. The van der Waals surface area contributed by atoms with Crippen molar-refractivity contribution in [3.8, 4) is 0 Å². The molecule has 3 unspecified atom stereocenters. The van der Waals surface area contributed by atoms with E-state index in [1.165, 1.54) is 0 Å². The van der Waals surface area contributed by atoms with Crippen LogP contribution >= 0.6 is 0 Å². The maximum atomic E-state index is 13.8. The molecule has 0 radical (unpaired) electrons. The van der Waals surface area contributed by atoms with Gasteiger partial charge in [0.2, 0.25) is 17.7 Å². The molecule has 3 heterocycles. The summed E-state index contributed by atoms with van der Waals surface area (Å²) in [6, 6.07) is 8.77. The third-order valence-corrected chi connectivity index (χ3v) is 7.89. The lowest BCUT2D eigenvalue weighted by molar-refractivity contribution is -0.147. The number of amides is 3. The molecule has 8 heteroatoms. The van der Waals surface area contributed by atoms with E-state index in [9.17, 15) is 19.5 Å². The van der Waals surface area contributed by atoms with Crippen molar-refractivity contribution in [3.05, 3.63) is 35.9 Å². The molecule has 1 spiro atoms. The minimum atomic E-state index is -1.03. The number of unbranched alkanes of at least 4 members (excludes halogenated alkanes) is 1. The van der Waals surface area contributed by atoms with Crippen LogP contribution in [0.25, 0.3) is 0 Å². The van der Waals surface area contributed by atoms with Gasteiger partial charge in [-0.3, -0.25) is 14.4 Å². The van der Waals surface area contributed by atoms with Crippen LogP contribution in [-0.2, 0) is 25.7 Å². The molecule has 1 aromatic carbocycles. The van der Waals surface area contributed by atoms with Crippen LogP contribution < -0.4 is 10.6 Å². The number of likely N-dealkylation sites (tertiary alicyclic amines) is 1. The summed E-state index contributed by atoms with van der Waals surface area (Å²) in [5, 5.41) is 15.2. The van der Waals surface area contributed by atoms with E-state index in [0.717, 1.165) is 5.56 Å². The van der Waals surface area contributed by atoms with Crippen molar-refractivity contribution in [2.75, 3.05) is 13.2 Å². The Balaban J connectivity index is 1.66. The van der Waals surface area contributed by atoms with Crippen molar-refractivity contribution in [1.29, 1.82) is 0 Å². The predicted molar refractivity (Wildman–Crippen MR) is 126 cm³/mol. The van der Waals surface area contributed by atoms with Crippen LogP contribution in [-0.4, -0.2) is 64.2 Å². The molecule has 0 aliphatic carbocycles. The molecule has 3 aliphatic rings. The first-order chi connectivity index (χ1) is 16.2. The Morgan fingerprint density at radius 2 is 1.91 bits per heavy atom. The zero-order valence-electron chi connectivity index (χ0n) is 20.5. The largest absolute Gasteiger partial charge is 0.396 e. The lowest BCUT2D eigenvalue weighted by Gasteiger charge is -2.36. The first-order valence-corrected chi connectivity index (χ1v) is 12.4. The van der Waals surface area contributed by atoms with E-state index in [4.69, 9.17) is 4.74 Å². The van der Waals surface area contributed by atoms with Gasteiger partial charge in [-0.2, -0.15) is 0 Å². The van der Waals surface area contributed by atoms with Gasteiger partial charge in [-0.25, -0.2) is 0 Å². The quantitative estimate of drug-likeness (QED) is 0.474. The van der Waals surface area contributed by atoms with Crippen LogP contribution in [0.2, 0.25) is 0 Å². The third kappa shape index (κ3) is 3.90.